The molecule has 1 atom stereocenters. The molecule has 1 aliphatic rings. The fraction of sp³-hybridized carbons (Fsp3) is 0.923. The molecule has 1 rings (SSSR count). The molecule has 0 aliphatic heterocycles. The number of halogens is 1. The molecule has 0 saturated heterocycles. The number of carbonyl (C=O) groups excluding carboxylic acids is 1. The van der Waals surface area contributed by atoms with Gasteiger partial charge in [-0.2, -0.15) is 0 Å². The molecular weight excluding hydrogens is 266 g/mol. The number of amides is 1. The fourth-order valence-corrected chi connectivity index (χ4v) is 2.76. The summed E-state index contributed by atoms with van der Waals surface area (Å²) in [5.74, 6) is 0.882. The Balaban J connectivity index is 2.50. The Morgan fingerprint density at radius 3 is 2.56 bits per heavy atom. The second-order valence-electron chi connectivity index (χ2n) is 4.93. The molecular formula is C13H24BrNO. The van der Waals surface area contributed by atoms with Crippen LogP contribution in [0.3, 0.4) is 0 Å². The Morgan fingerprint density at radius 2 is 2.06 bits per heavy atom. The van der Waals surface area contributed by atoms with Crippen molar-refractivity contribution in [2.45, 2.75) is 58.4 Å². The van der Waals surface area contributed by atoms with Crippen molar-refractivity contribution in [3.63, 3.8) is 0 Å². The summed E-state index contributed by atoms with van der Waals surface area (Å²) < 4.78 is 0. The van der Waals surface area contributed by atoms with Crippen molar-refractivity contribution in [3.05, 3.63) is 0 Å². The Morgan fingerprint density at radius 1 is 1.44 bits per heavy atom. The molecule has 0 aromatic heterocycles. The van der Waals surface area contributed by atoms with Crippen molar-refractivity contribution in [2.24, 2.45) is 5.92 Å². The molecule has 0 spiro atoms. The van der Waals surface area contributed by atoms with Crippen LogP contribution in [-0.2, 0) is 4.79 Å². The SMILES string of the molecule is CCC(C)CC(=O)N(CCBr)C1CCCC1. The largest absolute Gasteiger partial charge is 0.339 e. The summed E-state index contributed by atoms with van der Waals surface area (Å²) in [6.07, 6.45) is 6.82. The molecule has 3 heteroatoms. The minimum Gasteiger partial charge on any atom is -0.339 e. The van der Waals surface area contributed by atoms with Gasteiger partial charge in [0.25, 0.3) is 0 Å². The maximum absolute atomic E-state index is 12.2. The van der Waals surface area contributed by atoms with E-state index >= 15 is 0 Å². The van der Waals surface area contributed by atoms with Crippen molar-refractivity contribution in [1.29, 1.82) is 0 Å². The lowest BCUT2D eigenvalue weighted by atomic mass is 10.0. The molecule has 1 amide bonds. The highest BCUT2D eigenvalue weighted by Crippen LogP contribution is 2.25. The molecule has 1 aliphatic carbocycles. The standard InChI is InChI=1S/C13H24BrNO/c1-3-11(2)10-13(16)15(9-8-14)12-6-4-5-7-12/h11-12H,3-10H2,1-2H3. The smallest absolute Gasteiger partial charge is 0.223 e. The number of nitrogens with zero attached hydrogens (tertiary/aromatic N) is 1. The van der Waals surface area contributed by atoms with Gasteiger partial charge in [-0.15, -0.1) is 0 Å². The summed E-state index contributed by atoms with van der Waals surface area (Å²) in [4.78, 5) is 14.3. The summed E-state index contributed by atoms with van der Waals surface area (Å²) >= 11 is 3.45. The number of carbonyl (C=O) groups is 1. The van der Waals surface area contributed by atoms with Crippen LogP contribution in [-0.4, -0.2) is 28.7 Å². The van der Waals surface area contributed by atoms with E-state index in [2.05, 4.69) is 34.7 Å². The summed E-state index contributed by atoms with van der Waals surface area (Å²) in [5, 5.41) is 0.899. The first-order valence-electron chi connectivity index (χ1n) is 6.54. The lowest BCUT2D eigenvalue weighted by Gasteiger charge is -2.29. The van der Waals surface area contributed by atoms with E-state index in [0.717, 1.165) is 24.7 Å². The Labute approximate surface area is 108 Å². The van der Waals surface area contributed by atoms with E-state index in [1.807, 2.05) is 0 Å². The number of hydrogen-bond acceptors (Lipinski definition) is 1. The molecule has 1 fully saturated rings. The van der Waals surface area contributed by atoms with E-state index < -0.39 is 0 Å². The summed E-state index contributed by atoms with van der Waals surface area (Å²) in [6, 6.07) is 0.522. The van der Waals surface area contributed by atoms with Crippen LogP contribution < -0.4 is 0 Å². The van der Waals surface area contributed by atoms with Crippen molar-refractivity contribution < 1.29 is 4.79 Å². The number of alkyl halides is 1. The Bertz CT molecular complexity index is 214. The van der Waals surface area contributed by atoms with E-state index in [-0.39, 0.29) is 0 Å². The third kappa shape index (κ3) is 4.08. The topological polar surface area (TPSA) is 20.3 Å². The van der Waals surface area contributed by atoms with Crippen molar-refractivity contribution >= 4 is 21.8 Å². The first-order valence-corrected chi connectivity index (χ1v) is 7.66. The van der Waals surface area contributed by atoms with Gasteiger partial charge in [-0.3, -0.25) is 4.79 Å². The highest BCUT2D eigenvalue weighted by atomic mass is 79.9. The lowest BCUT2D eigenvalue weighted by Crippen LogP contribution is -2.40. The van der Waals surface area contributed by atoms with Gasteiger partial charge in [0, 0.05) is 24.3 Å². The molecule has 94 valence electrons. The van der Waals surface area contributed by atoms with Gasteiger partial charge < -0.3 is 4.90 Å². The van der Waals surface area contributed by atoms with E-state index in [1.54, 1.807) is 0 Å². The third-order valence-corrected chi connectivity index (χ3v) is 3.99. The van der Waals surface area contributed by atoms with Crippen LogP contribution in [0, 0.1) is 5.92 Å². The van der Waals surface area contributed by atoms with Gasteiger partial charge in [0.2, 0.25) is 5.91 Å². The van der Waals surface area contributed by atoms with E-state index in [1.165, 1.54) is 25.7 Å². The zero-order chi connectivity index (χ0) is 12.0. The van der Waals surface area contributed by atoms with Crippen LogP contribution >= 0.6 is 15.9 Å². The van der Waals surface area contributed by atoms with Gasteiger partial charge >= 0.3 is 0 Å². The van der Waals surface area contributed by atoms with Crippen LogP contribution in [0.5, 0.6) is 0 Å². The molecule has 2 nitrogen and oxygen atoms in total. The average Bonchev–Trinajstić information content (AvgIpc) is 2.78. The highest BCUT2D eigenvalue weighted by Gasteiger charge is 2.26. The maximum atomic E-state index is 12.2. The average molecular weight is 290 g/mol. The molecule has 0 radical (unpaired) electrons. The quantitative estimate of drug-likeness (QED) is 0.685. The highest BCUT2D eigenvalue weighted by molar-refractivity contribution is 9.09. The zero-order valence-electron chi connectivity index (χ0n) is 10.5. The third-order valence-electron chi connectivity index (χ3n) is 3.63. The van der Waals surface area contributed by atoms with Crippen molar-refractivity contribution in [1.82, 2.24) is 4.90 Å². The zero-order valence-corrected chi connectivity index (χ0v) is 12.1. The van der Waals surface area contributed by atoms with Crippen LogP contribution in [0.4, 0.5) is 0 Å². The van der Waals surface area contributed by atoms with Gasteiger partial charge in [0.1, 0.15) is 0 Å². The second kappa shape index (κ2) is 7.31. The molecule has 0 aromatic rings. The first kappa shape index (κ1) is 14.0. The maximum Gasteiger partial charge on any atom is 0.223 e. The molecule has 16 heavy (non-hydrogen) atoms. The monoisotopic (exact) mass is 289 g/mol. The van der Waals surface area contributed by atoms with Gasteiger partial charge in [-0.1, -0.05) is 49.0 Å². The van der Waals surface area contributed by atoms with Crippen LogP contribution in [0.15, 0.2) is 0 Å². The van der Waals surface area contributed by atoms with Gasteiger partial charge in [0.05, 0.1) is 0 Å². The lowest BCUT2D eigenvalue weighted by molar-refractivity contribution is -0.134. The molecule has 0 heterocycles. The van der Waals surface area contributed by atoms with Gasteiger partial charge in [-0.25, -0.2) is 0 Å². The Kier molecular flexibility index (Phi) is 6.40. The molecule has 1 unspecified atom stereocenters. The number of hydrogen-bond donors (Lipinski definition) is 0. The first-order chi connectivity index (χ1) is 7.69. The molecule has 0 bridgehead atoms. The van der Waals surface area contributed by atoms with Crippen LogP contribution in [0.25, 0.3) is 0 Å². The minimum absolute atomic E-state index is 0.362. The Hall–Kier alpha value is -0.0500. The van der Waals surface area contributed by atoms with Gasteiger partial charge in [0.15, 0.2) is 0 Å². The fourth-order valence-electron chi connectivity index (χ4n) is 2.38. The number of rotatable bonds is 6. The predicted octanol–water partition coefficient (Wildman–Crippen LogP) is 3.59. The minimum atomic E-state index is 0.362. The molecule has 0 N–H and O–H groups in total. The normalized spacial score (nSPS) is 18.7. The molecule has 1 saturated carbocycles. The summed E-state index contributed by atoms with van der Waals surface area (Å²) in [5.41, 5.74) is 0. The van der Waals surface area contributed by atoms with Gasteiger partial charge in [-0.05, 0) is 18.8 Å². The van der Waals surface area contributed by atoms with E-state index in [4.69, 9.17) is 0 Å². The summed E-state index contributed by atoms with van der Waals surface area (Å²) in [7, 11) is 0. The molecule has 0 aromatic carbocycles. The predicted molar refractivity (Wildman–Crippen MR) is 71.8 cm³/mol. The van der Waals surface area contributed by atoms with Crippen molar-refractivity contribution in [3.8, 4) is 0 Å². The second-order valence-corrected chi connectivity index (χ2v) is 5.72. The van der Waals surface area contributed by atoms with E-state index in [9.17, 15) is 4.79 Å². The van der Waals surface area contributed by atoms with E-state index in [0.29, 0.717) is 17.9 Å². The van der Waals surface area contributed by atoms with Crippen molar-refractivity contribution in [2.75, 3.05) is 11.9 Å². The van der Waals surface area contributed by atoms with Crippen LogP contribution in [0.1, 0.15) is 52.4 Å². The summed E-state index contributed by atoms with van der Waals surface area (Å²) in [6.45, 7) is 5.20. The van der Waals surface area contributed by atoms with Crippen LogP contribution in [0.2, 0.25) is 0 Å².